The highest BCUT2D eigenvalue weighted by Gasteiger charge is 2.05. The van der Waals surface area contributed by atoms with E-state index in [2.05, 4.69) is 15.3 Å². The Labute approximate surface area is 173 Å². The van der Waals surface area contributed by atoms with Crippen LogP contribution in [0.4, 0.5) is 15.9 Å². The predicted octanol–water partition coefficient (Wildman–Crippen LogP) is 5.70. The van der Waals surface area contributed by atoms with Crippen molar-refractivity contribution in [2.24, 2.45) is 0 Å². The number of aromatic nitrogens is 2. The number of hydrogen-bond acceptors (Lipinski definition) is 5. The summed E-state index contributed by atoms with van der Waals surface area (Å²) >= 11 is 0. The number of halogens is 1. The monoisotopic (exact) mass is 401 g/mol. The second-order valence-corrected chi connectivity index (χ2v) is 6.61. The smallest absolute Gasteiger partial charge is 0.141 e. The maximum atomic E-state index is 13.6. The van der Waals surface area contributed by atoms with Crippen molar-refractivity contribution in [3.63, 3.8) is 0 Å². The van der Waals surface area contributed by atoms with Gasteiger partial charge in [0, 0.05) is 17.1 Å². The molecule has 0 amide bonds. The summed E-state index contributed by atoms with van der Waals surface area (Å²) in [5.41, 5.74) is 3.53. The number of anilines is 2. The molecule has 0 saturated heterocycles. The molecule has 30 heavy (non-hydrogen) atoms. The molecule has 1 aromatic heterocycles. The van der Waals surface area contributed by atoms with Crippen LogP contribution < -0.4 is 14.8 Å². The van der Waals surface area contributed by atoms with E-state index in [1.165, 1.54) is 18.5 Å². The largest absolute Gasteiger partial charge is 0.497 e. The van der Waals surface area contributed by atoms with Gasteiger partial charge in [-0.15, -0.1) is 0 Å². The Morgan fingerprint density at radius 2 is 1.50 bits per heavy atom. The lowest BCUT2D eigenvalue weighted by Gasteiger charge is -2.09. The van der Waals surface area contributed by atoms with Gasteiger partial charge < -0.3 is 14.8 Å². The molecule has 0 bridgehead atoms. The van der Waals surface area contributed by atoms with Crippen LogP contribution in [0.1, 0.15) is 11.1 Å². The van der Waals surface area contributed by atoms with E-state index < -0.39 is 0 Å². The molecule has 0 saturated carbocycles. The average Bonchev–Trinajstić information content (AvgIpc) is 2.78. The Bertz CT molecular complexity index is 1180. The van der Waals surface area contributed by atoms with Crippen molar-refractivity contribution < 1.29 is 13.9 Å². The summed E-state index contributed by atoms with van der Waals surface area (Å²) < 4.78 is 24.2. The van der Waals surface area contributed by atoms with Crippen molar-refractivity contribution in [1.82, 2.24) is 9.97 Å². The third kappa shape index (κ3) is 4.38. The van der Waals surface area contributed by atoms with E-state index in [1.807, 2.05) is 54.6 Å². The van der Waals surface area contributed by atoms with E-state index >= 15 is 0 Å². The number of nitrogens with one attached hydrogen (secondary N) is 1. The Morgan fingerprint density at radius 1 is 0.800 bits per heavy atom. The van der Waals surface area contributed by atoms with Gasteiger partial charge in [-0.05, 0) is 53.6 Å². The molecule has 4 aromatic rings. The molecule has 0 fully saturated rings. The summed E-state index contributed by atoms with van der Waals surface area (Å²) in [6.07, 6.45) is 5.46. The van der Waals surface area contributed by atoms with E-state index in [-0.39, 0.29) is 5.82 Å². The summed E-state index contributed by atoms with van der Waals surface area (Å²) in [6.45, 7) is 0. The first-order chi connectivity index (χ1) is 14.6. The Morgan fingerprint density at radius 3 is 2.20 bits per heavy atom. The van der Waals surface area contributed by atoms with Crippen molar-refractivity contribution in [1.29, 1.82) is 0 Å². The zero-order valence-electron chi connectivity index (χ0n) is 16.6. The van der Waals surface area contributed by atoms with Crippen LogP contribution in [-0.4, -0.2) is 24.2 Å². The fourth-order valence-corrected chi connectivity index (χ4v) is 3.06. The maximum Gasteiger partial charge on any atom is 0.141 e. The fourth-order valence-electron chi connectivity index (χ4n) is 3.06. The van der Waals surface area contributed by atoms with E-state index in [0.29, 0.717) is 16.7 Å². The molecular formula is C24H20FN3O2. The Balaban J connectivity index is 1.53. The predicted molar refractivity (Wildman–Crippen MR) is 118 cm³/mol. The molecule has 4 rings (SSSR count). The summed E-state index contributed by atoms with van der Waals surface area (Å²) in [4.78, 5) is 8.42. The molecular weight excluding hydrogens is 381 g/mol. The lowest BCUT2D eigenvalue weighted by Crippen LogP contribution is -1.96. The summed E-state index contributed by atoms with van der Waals surface area (Å²) in [6, 6.07) is 18.0. The van der Waals surface area contributed by atoms with Gasteiger partial charge >= 0.3 is 0 Å². The molecule has 0 radical (unpaired) electrons. The van der Waals surface area contributed by atoms with Crippen molar-refractivity contribution >= 4 is 34.6 Å². The summed E-state index contributed by atoms with van der Waals surface area (Å²) in [5.74, 6) is 1.71. The van der Waals surface area contributed by atoms with Crippen LogP contribution in [0.15, 0.2) is 67.0 Å². The number of nitrogens with zero attached hydrogens (tertiary/aromatic N) is 2. The molecule has 150 valence electrons. The second kappa shape index (κ2) is 8.61. The van der Waals surface area contributed by atoms with Gasteiger partial charge in [0.2, 0.25) is 0 Å². The number of ether oxygens (including phenoxy) is 2. The Hall–Kier alpha value is -3.93. The van der Waals surface area contributed by atoms with Gasteiger partial charge in [-0.3, -0.25) is 0 Å². The van der Waals surface area contributed by atoms with Crippen LogP contribution in [0.3, 0.4) is 0 Å². The van der Waals surface area contributed by atoms with Crippen molar-refractivity contribution in [3.05, 3.63) is 83.9 Å². The SMILES string of the molecule is COc1cc(/C=C/c2ccc(Nc3ncnc4ccc(F)cc34)cc2)cc(OC)c1. The van der Waals surface area contributed by atoms with Crippen molar-refractivity contribution in [3.8, 4) is 11.5 Å². The van der Waals surface area contributed by atoms with Crippen LogP contribution in [-0.2, 0) is 0 Å². The number of methoxy groups -OCH3 is 2. The first-order valence-electron chi connectivity index (χ1n) is 9.33. The molecule has 0 aliphatic rings. The van der Waals surface area contributed by atoms with Crippen LogP contribution >= 0.6 is 0 Å². The normalized spacial score (nSPS) is 11.0. The van der Waals surface area contributed by atoms with Crippen LogP contribution in [0.2, 0.25) is 0 Å². The molecule has 0 atom stereocenters. The van der Waals surface area contributed by atoms with Gasteiger partial charge in [0.25, 0.3) is 0 Å². The Kier molecular flexibility index (Phi) is 5.57. The highest BCUT2D eigenvalue weighted by molar-refractivity contribution is 5.90. The van der Waals surface area contributed by atoms with Crippen molar-refractivity contribution in [2.45, 2.75) is 0 Å². The quantitative estimate of drug-likeness (QED) is 0.420. The minimum atomic E-state index is -0.324. The van der Waals surface area contributed by atoms with E-state index in [1.54, 1.807) is 20.3 Å². The zero-order valence-corrected chi connectivity index (χ0v) is 16.6. The first kappa shape index (κ1) is 19.4. The highest BCUT2D eigenvalue weighted by Crippen LogP contribution is 2.25. The molecule has 0 spiro atoms. The van der Waals surface area contributed by atoms with Crippen LogP contribution in [0.5, 0.6) is 11.5 Å². The lowest BCUT2D eigenvalue weighted by molar-refractivity contribution is 0.394. The van der Waals surface area contributed by atoms with E-state index in [9.17, 15) is 4.39 Å². The lowest BCUT2D eigenvalue weighted by atomic mass is 10.1. The van der Waals surface area contributed by atoms with Crippen molar-refractivity contribution in [2.75, 3.05) is 19.5 Å². The zero-order chi connectivity index (χ0) is 20.9. The third-order valence-electron chi connectivity index (χ3n) is 4.61. The number of benzene rings is 3. The van der Waals surface area contributed by atoms with Gasteiger partial charge in [-0.1, -0.05) is 24.3 Å². The standard InChI is InChI=1S/C24H20FN3O2/c1-29-20-11-17(12-21(14-20)30-2)4-3-16-5-8-19(9-6-16)28-24-22-13-18(25)7-10-23(22)26-15-27-24/h3-15H,1-2H3,(H,26,27,28)/b4-3+. The number of hydrogen-bond donors (Lipinski definition) is 1. The molecule has 1 N–H and O–H groups in total. The topological polar surface area (TPSA) is 56.3 Å². The minimum Gasteiger partial charge on any atom is -0.497 e. The first-order valence-corrected chi connectivity index (χ1v) is 9.33. The number of rotatable bonds is 6. The van der Waals surface area contributed by atoms with Gasteiger partial charge in [-0.2, -0.15) is 0 Å². The third-order valence-corrected chi connectivity index (χ3v) is 4.61. The van der Waals surface area contributed by atoms with Crippen LogP contribution in [0.25, 0.3) is 23.1 Å². The molecule has 5 nitrogen and oxygen atoms in total. The maximum absolute atomic E-state index is 13.6. The van der Waals surface area contributed by atoms with Gasteiger partial charge in [-0.25, -0.2) is 14.4 Å². The average molecular weight is 401 g/mol. The van der Waals surface area contributed by atoms with E-state index in [0.717, 1.165) is 28.3 Å². The van der Waals surface area contributed by atoms with E-state index in [4.69, 9.17) is 9.47 Å². The van der Waals surface area contributed by atoms with Gasteiger partial charge in [0.05, 0.1) is 19.7 Å². The molecule has 0 aliphatic heterocycles. The van der Waals surface area contributed by atoms with Crippen LogP contribution in [0, 0.1) is 5.82 Å². The molecule has 0 unspecified atom stereocenters. The summed E-state index contributed by atoms with van der Waals surface area (Å²) in [7, 11) is 3.26. The fraction of sp³-hybridized carbons (Fsp3) is 0.0833. The molecule has 6 heteroatoms. The number of fused-ring (bicyclic) bond motifs is 1. The highest BCUT2D eigenvalue weighted by atomic mass is 19.1. The van der Waals surface area contributed by atoms with Gasteiger partial charge in [0.1, 0.15) is 29.5 Å². The minimum absolute atomic E-state index is 0.324. The molecule has 3 aromatic carbocycles. The second-order valence-electron chi connectivity index (χ2n) is 6.61. The van der Waals surface area contributed by atoms with Gasteiger partial charge in [0.15, 0.2) is 0 Å². The molecule has 0 aliphatic carbocycles. The summed E-state index contributed by atoms with van der Waals surface area (Å²) in [5, 5.41) is 3.86. The molecule has 1 heterocycles.